The summed E-state index contributed by atoms with van der Waals surface area (Å²) in [6.07, 6.45) is 5.75. The summed E-state index contributed by atoms with van der Waals surface area (Å²) in [4.78, 5) is 0. The largest absolute Gasteiger partial charge is 0.495 e. The number of methoxy groups -OCH3 is 1. The molecule has 0 aliphatic heterocycles. The second-order valence-corrected chi connectivity index (χ2v) is 6.65. The van der Waals surface area contributed by atoms with Gasteiger partial charge >= 0.3 is 0 Å². The fourth-order valence-electron chi connectivity index (χ4n) is 4.29. The molecule has 21 heavy (non-hydrogen) atoms. The van der Waals surface area contributed by atoms with E-state index in [0.29, 0.717) is 17.4 Å². The highest BCUT2D eigenvalue weighted by molar-refractivity contribution is 5.45. The molecule has 2 saturated carbocycles. The van der Waals surface area contributed by atoms with Crippen molar-refractivity contribution in [2.45, 2.75) is 45.2 Å². The average Bonchev–Trinajstić information content (AvgIpc) is 3.15. The molecule has 0 heterocycles. The normalized spacial score (nSPS) is 28.3. The van der Waals surface area contributed by atoms with Crippen LogP contribution in [0.4, 0.5) is 0 Å². The molecule has 0 saturated heterocycles. The summed E-state index contributed by atoms with van der Waals surface area (Å²) in [7, 11) is 1.60. The molecule has 0 amide bonds. The zero-order chi connectivity index (χ0) is 14.8. The molecule has 3 rings (SSSR count). The average molecular weight is 284 g/mol. The summed E-state index contributed by atoms with van der Waals surface area (Å²) in [5.41, 5.74) is 1.77. The highest BCUT2D eigenvalue weighted by Crippen LogP contribution is 2.49. The molecular weight excluding hydrogens is 260 g/mol. The molecule has 1 aromatic rings. The van der Waals surface area contributed by atoms with Crippen LogP contribution in [0, 0.1) is 29.1 Å². The number of nitrogens with one attached hydrogen (secondary N) is 1. The molecule has 0 aromatic heterocycles. The van der Waals surface area contributed by atoms with E-state index in [-0.39, 0.29) is 0 Å². The minimum atomic E-state index is 0.563. The van der Waals surface area contributed by atoms with E-state index in [1.165, 1.54) is 25.7 Å². The van der Waals surface area contributed by atoms with Crippen molar-refractivity contribution in [3.05, 3.63) is 29.3 Å². The fourth-order valence-corrected chi connectivity index (χ4v) is 4.29. The third-order valence-corrected chi connectivity index (χ3v) is 5.45. The van der Waals surface area contributed by atoms with Crippen molar-refractivity contribution in [1.29, 1.82) is 5.26 Å². The van der Waals surface area contributed by atoms with E-state index in [9.17, 15) is 0 Å². The Bertz CT molecular complexity index is 549. The first-order chi connectivity index (χ1) is 10.2. The topological polar surface area (TPSA) is 45.0 Å². The Kier molecular flexibility index (Phi) is 4.17. The first-order valence-corrected chi connectivity index (χ1v) is 8.01. The van der Waals surface area contributed by atoms with Crippen LogP contribution < -0.4 is 10.1 Å². The smallest absolute Gasteiger partial charge is 0.136 e. The number of benzene rings is 1. The molecule has 112 valence electrons. The molecule has 3 heteroatoms. The van der Waals surface area contributed by atoms with Gasteiger partial charge < -0.3 is 10.1 Å². The summed E-state index contributed by atoms with van der Waals surface area (Å²) >= 11 is 0. The second kappa shape index (κ2) is 6.07. The highest BCUT2D eigenvalue weighted by atomic mass is 16.5. The van der Waals surface area contributed by atoms with Crippen LogP contribution in [0.3, 0.4) is 0 Å². The molecule has 2 aliphatic carbocycles. The van der Waals surface area contributed by atoms with E-state index < -0.39 is 0 Å². The molecule has 2 aliphatic rings. The predicted molar refractivity (Wildman–Crippen MR) is 82.9 cm³/mol. The maximum absolute atomic E-state index is 9.15. The first kappa shape index (κ1) is 14.4. The lowest BCUT2D eigenvalue weighted by molar-refractivity contribution is 0.259. The summed E-state index contributed by atoms with van der Waals surface area (Å²) in [5.74, 6) is 3.44. The van der Waals surface area contributed by atoms with Gasteiger partial charge in [0, 0.05) is 12.6 Å². The van der Waals surface area contributed by atoms with Gasteiger partial charge in [-0.3, -0.25) is 0 Å². The Morgan fingerprint density at radius 2 is 2.24 bits per heavy atom. The zero-order valence-electron chi connectivity index (χ0n) is 12.9. The fraction of sp³-hybridized carbons (Fsp3) is 0.611. The Labute approximate surface area is 127 Å². The van der Waals surface area contributed by atoms with Crippen LogP contribution in [0.15, 0.2) is 18.2 Å². The van der Waals surface area contributed by atoms with E-state index in [1.807, 2.05) is 18.2 Å². The summed E-state index contributed by atoms with van der Waals surface area (Å²) in [5, 5.41) is 12.8. The minimum absolute atomic E-state index is 0.563. The molecule has 1 aromatic carbocycles. The molecule has 0 radical (unpaired) electrons. The standard InChI is InChI=1S/C18H24N2O/c1-12(17-9-13-3-5-15(17)7-13)20-11-14-4-6-18(21-2)16(8-14)10-19/h4,6,8,12-13,15,17,20H,3,5,7,9,11H2,1-2H3. The number of nitriles is 1. The highest BCUT2D eigenvalue weighted by Gasteiger charge is 2.41. The van der Waals surface area contributed by atoms with Crippen LogP contribution in [0.25, 0.3) is 0 Å². The van der Waals surface area contributed by atoms with Crippen molar-refractivity contribution >= 4 is 0 Å². The number of rotatable bonds is 5. The SMILES string of the molecule is COc1ccc(CNC(C)C2CC3CCC2C3)cc1C#N. The van der Waals surface area contributed by atoms with Gasteiger partial charge in [-0.15, -0.1) is 0 Å². The Morgan fingerprint density at radius 1 is 1.38 bits per heavy atom. The third-order valence-electron chi connectivity index (χ3n) is 5.45. The van der Waals surface area contributed by atoms with Crippen LogP contribution in [0.2, 0.25) is 0 Å². The van der Waals surface area contributed by atoms with Crippen LogP contribution in [0.1, 0.15) is 43.7 Å². The van der Waals surface area contributed by atoms with Crippen molar-refractivity contribution in [2.24, 2.45) is 17.8 Å². The Morgan fingerprint density at radius 3 is 2.86 bits per heavy atom. The molecule has 0 spiro atoms. The van der Waals surface area contributed by atoms with Crippen molar-refractivity contribution in [2.75, 3.05) is 7.11 Å². The lowest BCUT2D eigenvalue weighted by Crippen LogP contribution is -2.35. The molecule has 4 unspecified atom stereocenters. The lowest BCUT2D eigenvalue weighted by atomic mass is 9.84. The van der Waals surface area contributed by atoms with Gasteiger partial charge in [-0.2, -0.15) is 5.26 Å². The maximum Gasteiger partial charge on any atom is 0.136 e. The zero-order valence-corrected chi connectivity index (χ0v) is 12.9. The van der Waals surface area contributed by atoms with E-state index >= 15 is 0 Å². The van der Waals surface area contributed by atoms with Gasteiger partial charge in [0.05, 0.1) is 12.7 Å². The third kappa shape index (κ3) is 2.91. The number of hydrogen-bond acceptors (Lipinski definition) is 3. The molecular formula is C18H24N2O. The minimum Gasteiger partial charge on any atom is -0.495 e. The van der Waals surface area contributed by atoms with E-state index in [4.69, 9.17) is 10.00 Å². The monoisotopic (exact) mass is 284 g/mol. The Balaban J connectivity index is 1.59. The van der Waals surface area contributed by atoms with Gasteiger partial charge in [-0.05, 0) is 61.6 Å². The van der Waals surface area contributed by atoms with Crippen LogP contribution >= 0.6 is 0 Å². The molecule has 2 bridgehead atoms. The summed E-state index contributed by atoms with van der Waals surface area (Å²) in [6, 6.07) is 8.62. The second-order valence-electron chi connectivity index (χ2n) is 6.65. The number of ether oxygens (including phenoxy) is 1. The van der Waals surface area contributed by atoms with Crippen molar-refractivity contribution in [3.8, 4) is 11.8 Å². The van der Waals surface area contributed by atoms with Crippen molar-refractivity contribution in [3.63, 3.8) is 0 Å². The van der Waals surface area contributed by atoms with Gasteiger partial charge in [0.15, 0.2) is 0 Å². The van der Waals surface area contributed by atoms with E-state index in [1.54, 1.807) is 7.11 Å². The van der Waals surface area contributed by atoms with Crippen LogP contribution in [-0.2, 0) is 6.54 Å². The molecule has 4 atom stereocenters. The predicted octanol–water partition coefficient (Wildman–Crippen LogP) is 3.48. The van der Waals surface area contributed by atoms with Gasteiger partial charge in [0.1, 0.15) is 11.8 Å². The van der Waals surface area contributed by atoms with Crippen molar-refractivity contribution < 1.29 is 4.74 Å². The summed E-state index contributed by atoms with van der Waals surface area (Å²) < 4.78 is 5.19. The lowest BCUT2D eigenvalue weighted by Gasteiger charge is -2.28. The molecule has 2 fully saturated rings. The van der Waals surface area contributed by atoms with Crippen molar-refractivity contribution in [1.82, 2.24) is 5.32 Å². The number of nitrogens with zero attached hydrogens (tertiary/aromatic N) is 1. The quantitative estimate of drug-likeness (QED) is 0.900. The maximum atomic E-state index is 9.15. The van der Waals surface area contributed by atoms with Crippen LogP contribution in [0.5, 0.6) is 5.75 Å². The molecule has 3 nitrogen and oxygen atoms in total. The number of fused-ring (bicyclic) bond motifs is 2. The van der Waals surface area contributed by atoms with Crippen LogP contribution in [-0.4, -0.2) is 13.2 Å². The first-order valence-electron chi connectivity index (χ1n) is 8.01. The van der Waals surface area contributed by atoms with Gasteiger partial charge in [-0.1, -0.05) is 12.5 Å². The van der Waals surface area contributed by atoms with Gasteiger partial charge in [-0.25, -0.2) is 0 Å². The Hall–Kier alpha value is -1.53. The molecule has 1 N–H and O–H groups in total. The van der Waals surface area contributed by atoms with Gasteiger partial charge in [0.2, 0.25) is 0 Å². The van der Waals surface area contributed by atoms with E-state index in [0.717, 1.165) is 29.9 Å². The number of hydrogen-bond donors (Lipinski definition) is 1. The summed E-state index contributed by atoms with van der Waals surface area (Å²) in [6.45, 7) is 3.15. The van der Waals surface area contributed by atoms with Gasteiger partial charge in [0.25, 0.3) is 0 Å². The van der Waals surface area contributed by atoms with E-state index in [2.05, 4.69) is 18.3 Å².